The molecule has 0 saturated carbocycles. The predicted molar refractivity (Wildman–Crippen MR) is 69.8 cm³/mol. The van der Waals surface area contributed by atoms with Crippen LogP contribution in [0.1, 0.15) is 26.3 Å². The lowest BCUT2D eigenvalue weighted by molar-refractivity contribution is 0.0558. The molecule has 0 fully saturated rings. The molecule has 6 heteroatoms. The molecule has 0 aliphatic rings. The smallest absolute Gasteiger partial charge is 0.341 e. The minimum Gasteiger partial charge on any atom is -0.465 e. The Morgan fingerprint density at radius 3 is 2.32 bits per heavy atom. The zero-order chi connectivity index (χ0) is 14.2. The summed E-state index contributed by atoms with van der Waals surface area (Å²) in [5.41, 5.74) is 1.57. The minimum atomic E-state index is -0.674. The molecule has 0 atom stereocenters. The SMILES string of the molecule is COC(=O)c1c(C(=O)OC)c2cc(C)ccn2c1Cl. The molecule has 19 heavy (non-hydrogen) atoms. The Kier molecular flexibility index (Phi) is 3.48. The third-order valence-electron chi connectivity index (χ3n) is 2.81. The topological polar surface area (TPSA) is 57.0 Å². The number of nitrogens with zero attached hydrogens (tertiary/aromatic N) is 1. The highest BCUT2D eigenvalue weighted by Gasteiger charge is 2.28. The lowest BCUT2D eigenvalue weighted by Gasteiger charge is -2.01. The maximum Gasteiger partial charge on any atom is 0.341 e. The second-order valence-corrected chi connectivity index (χ2v) is 4.34. The predicted octanol–water partition coefficient (Wildman–Crippen LogP) is 2.47. The first kappa shape index (κ1) is 13.4. The molecule has 0 radical (unpaired) electrons. The molecule has 5 nitrogen and oxygen atoms in total. The van der Waals surface area contributed by atoms with E-state index in [2.05, 4.69) is 4.74 Å². The quantitative estimate of drug-likeness (QED) is 0.794. The van der Waals surface area contributed by atoms with Crippen molar-refractivity contribution in [2.75, 3.05) is 14.2 Å². The molecule has 0 aliphatic carbocycles. The largest absolute Gasteiger partial charge is 0.465 e. The van der Waals surface area contributed by atoms with Crippen LogP contribution in [-0.4, -0.2) is 30.6 Å². The van der Waals surface area contributed by atoms with E-state index in [0.717, 1.165) is 5.56 Å². The van der Waals surface area contributed by atoms with Crippen molar-refractivity contribution in [1.82, 2.24) is 4.40 Å². The molecule has 2 rings (SSSR count). The van der Waals surface area contributed by atoms with Crippen LogP contribution in [0.5, 0.6) is 0 Å². The fourth-order valence-corrected chi connectivity index (χ4v) is 2.24. The van der Waals surface area contributed by atoms with Crippen molar-refractivity contribution >= 4 is 29.1 Å². The molecule has 0 aliphatic heterocycles. The Labute approximate surface area is 114 Å². The van der Waals surface area contributed by atoms with Gasteiger partial charge in [-0.2, -0.15) is 0 Å². The van der Waals surface area contributed by atoms with E-state index in [4.69, 9.17) is 16.3 Å². The fraction of sp³-hybridized carbons (Fsp3) is 0.231. The number of aromatic nitrogens is 1. The number of ether oxygens (including phenoxy) is 2. The molecule has 0 unspecified atom stereocenters. The van der Waals surface area contributed by atoms with Crippen LogP contribution in [0.3, 0.4) is 0 Å². The highest BCUT2D eigenvalue weighted by molar-refractivity contribution is 6.34. The molecule has 2 aromatic heterocycles. The van der Waals surface area contributed by atoms with E-state index in [1.165, 1.54) is 14.2 Å². The normalized spacial score (nSPS) is 10.5. The number of methoxy groups -OCH3 is 2. The molecule has 0 saturated heterocycles. The molecule has 0 bridgehead atoms. The van der Waals surface area contributed by atoms with Crippen molar-refractivity contribution in [3.8, 4) is 0 Å². The van der Waals surface area contributed by atoms with E-state index in [1.54, 1.807) is 16.7 Å². The maximum atomic E-state index is 11.9. The van der Waals surface area contributed by atoms with Gasteiger partial charge in [-0.15, -0.1) is 0 Å². The zero-order valence-corrected chi connectivity index (χ0v) is 11.4. The fourth-order valence-electron chi connectivity index (χ4n) is 1.92. The summed E-state index contributed by atoms with van der Waals surface area (Å²) < 4.78 is 10.9. The van der Waals surface area contributed by atoms with Gasteiger partial charge >= 0.3 is 11.9 Å². The van der Waals surface area contributed by atoms with Gasteiger partial charge in [0.2, 0.25) is 0 Å². The van der Waals surface area contributed by atoms with E-state index >= 15 is 0 Å². The van der Waals surface area contributed by atoms with Crippen LogP contribution >= 0.6 is 11.6 Å². The van der Waals surface area contributed by atoms with Crippen LogP contribution in [0.4, 0.5) is 0 Å². The third-order valence-corrected chi connectivity index (χ3v) is 3.18. The van der Waals surface area contributed by atoms with E-state index in [-0.39, 0.29) is 16.3 Å². The van der Waals surface area contributed by atoms with E-state index < -0.39 is 11.9 Å². The number of carbonyl (C=O) groups excluding carboxylic acids is 2. The van der Waals surface area contributed by atoms with Crippen molar-refractivity contribution in [1.29, 1.82) is 0 Å². The molecule has 0 amide bonds. The highest BCUT2D eigenvalue weighted by atomic mass is 35.5. The monoisotopic (exact) mass is 281 g/mol. The molecule has 100 valence electrons. The van der Waals surface area contributed by atoms with Gasteiger partial charge in [0.25, 0.3) is 0 Å². The zero-order valence-electron chi connectivity index (χ0n) is 10.7. The molecule has 2 heterocycles. The Morgan fingerprint density at radius 2 is 1.74 bits per heavy atom. The standard InChI is InChI=1S/C13H12ClNO4/c1-7-4-5-15-8(6-7)9(12(16)18-2)10(11(15)14)13(17)19-3/h4-6H,1-3H3. The summed E-state index contributed by atoms with van der Waals surface area (Å²) >= 11 is 6.14. The van der Waals surface area contributed by atoms with E-state index in [0.29, 0.717) is 5.52 Å². The maximum absolute atomic E-state index is 11.9. The van der Waals surface area contributed by atoms with Gasteiger partial charge < -0.3 is 13.9 Å². The molecule has 0 spiro atoms. The minimum absolute atomic E-state index is 0.0154. The second kappa shape index (κ2) is 4.93. The average Bonchev–Trinajstić information content (AvgIpc) is 2.69. The van der Waals surface area contributed by atoms with Gasteiger partial charge in [-0.1, -0.05) is 11.6 Å². The Morgan fingerprint density at radius 1 is 1.16 bits per heavy atom. The number of aryl methyl sites for hydroxylation is 1. The molecular weight excluding hydrogens is 270 g/mol. The first-order valence-electron chi connectivity index (χ1n) is 5.48. The van der Waals surface area contributed by atoms with Crippen LogP contribution in [0.25, 0.3) is 5.52 Å². The summed E-state index contributed by atoms with van der Waals surface area (Å²) in [4.78, 5) is 23.7. The molecule has 2 aromatic rings. The van der Waals surface area contributed by atoms with E-state index in [1.807, 2.05) is 13.0 Å². The lowest BCUT2D eigenvalue weighted by atomic mass is 10.1. The Bertz CT molecular complexity index is 675. The average molecular weight is 282 g/mol. The van der Waals surface area contributed by atoms with Crippen molar-refractivity contribution in [3.05, 3.63) is 40.2 Å². The number of halogens is 1. The molecular formula is C13H12ClNO4. The lowest BCUT2D eigenvalue weighted by Crippen LogP contribution is -2.09. The summed E-state index contributed by atoms with van der Waals surface area (Å²) in [5, 5.41) is 0.127. The highest BCUT2D eigenvalue weighted by Crippen LogP contribution is 2.29. The van der Waals surface area contributed by atoms with Crippen molar-refractivity contribution in [2.45, 2.75) is 6.92 Å². The number of carbonyl (C=O) groups is 2. The van der Waals surface area contributed by atoms with Crippen molar-refractivity contribution in [3.63, 3.8) is 0 Å². The molecule has 0 N–H and O–H groups in total. The number of rotatable bonds is 2. The summed E-state index contributed by atoms with van der Waals surface area (Å²) in [7, 11) is 2.48. The summed E-state index contributed by atoms with van der Waals surface area (Å²) in [6.45, 7) is 1.87. The van der Waals surface area contributed by atoms with E-state index in [9.17, 15) is 9.59 Å². The van der Waals surface area contributed by atoms with Crippen molar-refractivity contribution in [2.24, 2.45) is 0 Å². The van der Waals surface area contributed by atoms with Crippen molar-refractivity contribution < 1.29 is 19.1 Å². The van der Waals surface area contributed by atoms with Crippen LogP contribution in [-0.2, 0) is 9.47 Å². The summed E-state index contributed by atoms with van der Waals surface area (Å²) in [6, 6.07) is 3.57. The number of fused-ring (bicyclic) bond motifs is 1. The summed E-state index contributed by atoms with van der Waals surface area (Å²) in [6.07, 6.45) is 1.69. The Hall–Kier alpha value is -2.01. The molecule has 0 aromatic carbocycles. The van der Waals surface area contributed by atoms with Gasteiger partial charge in [-0.25, -0.2) is 9.59 Å². The van der Waals surface area contributed by atoms with Crippen LogP contribution in [0.15, 0.2) is 18.3 Å². The van der Waals surface area contributed by atoms with Crippen LogP contribution < -0.4 is 0 Å². The number of hydrogen-bond acceptors (Lipinski definition) is 4. The third kappa shape index (κ3) is 2.06. The van der Waals surface area contributed by atoms with Gasteiger partial charge in [0.15, 0.2) is 0 Å². The first-order chi connectivity index (χ1) is 9.01. The van der Waals surface area contributed by atoms with Gasteiger partial charge in [0.05, 0.1) is 19.7 Å². The first-order valence-corrected chi connectivity index (χ1v) is 5.85. The van der Waals surface area contributed by atoms with Crippen LogP contribution in [0, 0.1) is 6.92 Å². The van der Waals surface area contributed by atoms with Crippen LogP contribution in [0.2, 0.25) is 5.15 Å². The summed E-state index contributed by atoms with van der Waals surface area (Å²) in [5.74, 6) is -1.30. The number of pyridine rings is 1. The van der Waals surface area contributed by atoms with Gasteiger partial charge in [0.1, 0.15) is 16.3 Å². The second-order valence-electron chi connectivity index (χ2n) is 3.98. The van der Waals surface area contributed by atoms with Gasteiger partial charge in [-0.3, -0.25) is 0 Å². The number of hydrogen-bond donors (Lipinski definition) is 0. The van der Waals surface area contributed by atoms with Gasteiger partial charge in [-0.05, 0) is 24.6 Å². The Balaban J connectivity index is 2.89. The number of esters is 2. The van der Waals surface area contributed by atoms with Gasteiger partial charge in [0, 0.05) is 6.20 Å².